The van der Waals surface area contributed by atoms with Gasteiger partial charge in [-0.25, -0.2) is 4.98 Å². The SMILES string of the molecule is Cn1c(SCC(=O)N(Cc2ccccc2)C(C)(C)C)nc2ccccc2c1=O. The van der Waals surface area contributed by atoms with Gasteiger partial charge in [0, 0.05) is 19.1 Å². The third-order valence-corrected chi connectivity index (χ3v) is 5.58. The number of rotatable bonds is 5. The predicted molar refractivity (Wildman–Crippen MR) is 114 cm³/mol. The second-order valence-corrected chi connectivity index (χ2v) is 8.64. The van der Waals surface area contributed by atoms with Crippen molar-refractivity contribution in [3.05, 3.63) is 70.5 Å². The van der Waals surface area contributed by atoms with Crippen LogP contribution in [0.25, 0.3) is 10.9 Å². The van der Waals surface area contributed by atoms with Gasteiger partial charge in [0.2, 0.25) is 5.91 Å². The van der Waals surface area contributed by atoms with E-state index in [0.717, 1.165) is 5.56 Å². The molecule has 0 aliphatic carbocycles. The van der Waals surface area contributed by atoms with Crippen LogP contribution in [0.15, 0.2) is 64.5 Å². The van der Waals surface area contributed by atoms with E-state index in [1.54, 1.807) is 13.1 Å². The fourth-order valence-electron chi connectivity index (χ4n) is 3.00. The molecule has 0 N–H and O–H groups in total. The number of aromatic nitrogens is 2. The highest BCUT2D eigenvalue weighted by molar-refractivity contribution is 7.99. The van der Waals surface area contributed by atoms with Gasteiger partial charge < -0.3 is 4.90 Å². The van der Waals surface area contributed by atoms with Gasteiger partial charge in [0.15, 0.2) is 5.16 Å². The van der Waals surface area contributed by atoms with E-state index in [9.17, 15) is 9.59 Å². The molecule has 2 aromatic carbocycles. The lowest BCUT2D eigenvalue weighted by atomic mass is 10.0. The summed E-state index contributed by atoms with van der Waals surface area (Å²) >= 11 is 1.30. The molecule has 0 saturated heterocycles. The Morgan fingerprint density at radius 2 is 1.71 bits per heavy atom. The highest BCUT2D eigenvalue weighted by Crippen LogP contribution is 2.22. The number of hydrogen-bond donors (Lipinski definition) is 0. The fraction of sp³-hybridized carbons (Fsp3) is 0.318. The Labute approximate surface area is 169 Å². The van der Waals surface area contributed by atoms with Gasteiger partial charge in [-0.15, -0.1) is 0 Å². The molecule has 6 heteroatoms. The average Bonchev–Trinajstić information content (AvgIpc) is 2.67. The molecule has 5 nitrogen and oxygen atoms in total. The normalized spacial score (nSPS) is 11.6. The van der Waals surface area contributed by atoms with Crippen molar-refractivity contribution in [2.75, 3.05) is 5.75 Å². The van der Waals surface area contributed by atoms with Crippen molar-refractivity contribution in [3.63, 3.8) is 0 Å². The highest BCUT2D eigenvalue weighted by Gasteiger charge is 2.26. The molecule has 0 atom stereocenters. The molecule has 146 valence electrons. The maximum atomic E-state index is 13.0. The first-order valence-corrected chi connectivity index (χ1v) is 10.2. The molecule has 3 rings (SSSR count). The summed E-state index contributed by atoms with van der Waals surface area (Å²) in [6.45, 7) is 6.64. The van der Waals surface area contributed by atoms with E-state index < -0.39 is 0 Å². The molecule has 0 aliphatic heterocycles. The average molecular weight is 396 g/mol. The Hall–Kier alpha value is -2.60. The standard InChI is InChI=1S/C22H25N3O2S/c1-22(2,3)25(14-16-10-6-5-7-11-16)19(26)15-28-21-23-18-13-9-8-12-17(18)20(27)24(21)4/h5-13H,14-15H2,1-4H3. The minimum absolute atomic E-state index is 0.0174. The van der Waals surface area contributed by atoms with Crippen LogP contribution >= 0.6 is 11.8 Å². The summed E-state index contributed by atoms with van der Waals surface area (Å²) in [4.78, 5) is 32.0. The van der Waals surface area contributed by atoms with Crippen molar-refractivity contribution < 1.29 is 4.79 Å². The maximum absolute atomic E-state index is 13.0. The van der Waals surface area contributed by atoms with Crippen LogP contribution in [0.2, 0.25) is 0 Å². The van der Waals surface area contributed by atoms with Crippen LogP contribution in [0, 0.1) is 0 Å². The summed E-state index contributed by atoms with van der Waals surface area (Å²) in [6, 6.07) is 17.2. The van der Waals surface area contributed by atoms with Gasteiger partial charge in [-0.3, -0.25) is 14.2 Å². The lowest BCUT2D eigenvalue weighted by Gasteiger charge is -2.36. The number of carbonyl (C=O) groups excluding carboxylic acids is 1. The fourth-order valence-corrected chi connectivity index (χ4v) is 3.84. The number of nitrogens with zero attached hydrogens (tertiary/aromatic N) is 3. The highest BCUT2D eigenvalue weighted by atomic mass is 32.2. The van der Waals surface area contributed by atoms with Gasteiger partial charge in [-0.05, 0) is 38.5 Å². The molecule has 0 spiro atoms. The Morgan fingerprint density at radius 3 is 2.39 bits per heavy atom. The zero-order valence-corrected chi connectivity index (χ0v) is 17.5. The van der Waals surface area contributed by atoms with Crippen molar-refractivity contribution in [3.8, 4) is 0 Å². The molecule has 1 amide bonds. The molecular weight excluding hydrogens is 370 g/mol. The minimum Gasteiger partial charge on any atom is -0.333 e. The first-order valence-electron chi connectivity index (χ1n) is 9.20. The first-order chi connectivity index (χ1) is 13.3. The van der Waals surface area contributed by atoms with Gasteiger partial charge >= 0.3 is 0 Å². The number of hydrogen-bond acceptors (Lipinski definition) is 4. The largest absolute Gasteiger partial charge is 0.333 e. The van der Waals surface area contributed by atoms with Crippen LogP contribution in [0.1, 0.15) is 26.3 Å². The number of fused-ring (bicyclic) bond motifs is 1. The van der Waals surface area contributed by atoms with E-state index in [0.29, 0.717) is 22.6 Å². The molecule has 0 fully saturated rings. The van der Waals surface area contributed by atoms with Gasteiger partial charge in [-0.1, -0.05) is 54.2 Å². The minimum atomic E-state index is -0.309. The smallest absolute Gasteiger partial charge is 0.261 e. The zero-order chi connectivity index (χ0) is 20.3. The van der Waals surface area contributed by atoms with Crippen LogP contribution in [0.3, 0.4) is 0 Å². The van der Waals surface area contributed by atoms with Crippen molar-refractivity contribution >= 4 is 28.6 Å². The number of thioether (sulfide) groups is 1. The molecule has 3 aromatic rings. The Bertz CT molecular complexity index is 1040. The van der Waals surface area contributed by atoms with Gasteiger partial charge in [0.25, 0.3) is 5.56 Å². The maximum Gasteiger partial charge on any atom is 0.261 e. The van der Waals surface area contributed by atoms with Crippen molar-refractivity contribution in [1.29, 1.82) is 0 Å². The van der Waals surface area contributed by atoms with E-state index >= 15 is 0 Å². The van der Waals surface area contributed by atoms with Crippen LogP contribution in [0.4, 0.5) is 0 Å². The topological polar surface area (TPSA) is 55.2 Å². The summed E-state index contributed by atoms with van der Waals surface area (Å²) in [7, 11) is 1.69. The molecule has 0 radical (unpaired) electrons. The van der Waals surface area contributed by atoms with Crippen molar-refractivity contribution in [2.45, 2.75) is 38.0 Å². The molecule has 0 unspecified atom stereocenters. The predicted octanol–water partition coefficient (Wildman–Crippen LogP) is 3.85. The van der Waals surface area contributed by atoms with Crippen LogP contribution in [0.5, 0.6) is 0 Å². The lowest BCUT2D eigenvalue weighted by molar-refractivity contribution is -0.133. The number of amides is 1. The number of para-hydroxylation sites is 1. The second-order valence-electron chi connectivity index (χ2n) is 7.70. The number of benzene rings is 2. The van der Waals surface area contributed by atoms with Crippen LogP contribution in [-0.4, -0.2) is 31.6 Å². The van der Waals surface area contributed by atoms with Crippen molar-refractivity contribution in [1.82, 2.24) is 14.5 Å². The van der Waals surface area contributed by atoms with Crippen LogP contribution in [-0.2, 0) is 18.4 Å². The first kappa shape index (κ1) is 20.1. The van der Waals surface area contributed by atoms with Gasteiger partial charge in [-0.2, -0.15) is 0 Å². The molecule has 0 saturated carbocycles. The van der Waals surface area contributed by atoms with Crippen molar-refractivity contribution in [2.24, 2.45) is 7.05 Å². The Balaban J connectivity index is 1.80. The molecular formula is C22H25N3O2S. The van der Waals surface area contributed by atoms with Crippen LogP contribution < -0.4 is 5.56 Å². The molecule has 28 heavy (non-hydrogen) atoms. The molecule has 0 aliphatic rings. The summed E-state index contributed by atoms with van der Waals surface area (Å²) in [5.74, 6) is 0.242. The van der Waals surface area contributed by atoms with E-state index in [1.165, 1.54) is 16.3 Å². The summed E-state index contributed by atoms with van der Waals surface area (Å²) in [5.41, 5.74) is 1.33. The Morgan fingerprint density at radius 1 is 1.07 bits per heavy atom. The summed E-state index contributed by atoms with van der Waals surface area (Å²) in [5, 5.41) is 1.13. The summed E-state index contributed by atoms with van der Waals surface area (Å²) in [6.07, 6.45) is 0. The quantitative estimate of drug-likeness (QED) is 0.486. The van der Waals surface area contributed by atoms with E-state index in [-0.39, 0.29) is 22.8 Å². The van der Waals surface area contributed by atoms with E-state index in [4.69, 9.17) is 0 Å². The van der Waals surface area contributed by atoms with E-state index in [1.807, 2.05) is 74.2 Å². The van der Waals surface area contributed by atoms with E-state index in [2.05, 4.69) is 4.98 Å². The third-order valence-electron chi connectivity index (χ3n) is 4.56. The number of carbonyl (C=O) groups is 1. The molecule has 1 aromatic heterocycles. The lowest BCUT2D eigenvalue weighted by Crippen LogP contribution is -2.46. The second kappa shape index (κ2) is 8.19. The monoisotopic (exact) mass is 395 g/mol. The zero-order valence-electron chi connectivity index (χ0n) is 16.7. The molecule has 1 heterocycles. The van der Waals surface area contributed by atoms with Gasteiger partial charge in [0.05, 0.1) is 16.7 Å². The Kier molecular flexibility index (Phi) is 5.89. The third kappa shape index (κ3) is 4.44. The summed E-state index contributed by atoms with van der Waals surface area (Å²) < 4.78 is 1.51. The van der Waals surface area contributed by atoms with Gasteiger partial charge in [0.1, 0.15) is 0 Å². The molecule has 0 bridgehead atoms.